The Bertz CT molecular complexity index is 2300. The number of carboxylic acids is 1. The second-order valence-corrected chi connectivity index (χ2v) is 30.1. The van der Waals surface area contributed by atoms with Gasteiger partial charge in [-0.1, -0.05) is 397 Å². The van der Waals surface area contributed by atoms with Crippen molar-refractivity contribution < 1.29 is 42.9 Å². The summed E-state index contributed by atoms with van der Waals surface area (Å²) < 4.78 is 23.1. The Kier molecular flexibility index (Phi) is 80.4. The number of quaternary nitrogens is 1. The topological polar surface area (TPSA) is 108 Å². The third-order valence-electron chi connectivity index (χ3n) is 18.8. The molecule has 2 unspecified atom stereocenters. The van der Waals surface area contributed by atoms with Gasteiger partial charge in [-0.25, -0.2) is 4.79 Å². The molecule has 2 atom stereocenters. The summed E-state index contributed by atoms with van der Waals surface area (Å²) in [5, 5.41) is 9.79. The molecule has 0 aliphatic rings. The lowest BCUT2D eigenvalue weighted by Crippen LogP contribution is -2.40. The number of unbranched alkanes of at least 4 members (excludes halogenated alkanes) is 39. The van der Waals surface area contributed by atoms with Crippen molar-refractivity contribution in [3.63, 3.8) is 0 Å². The van der Waals surface area contributed by atoms with Gasteiger partial charge in [-0.05, 0) is 122 Å². The first-order chi connectivity index (χ1) is 51.6. The molecule has 0 rings (SSSR count). The number of nitrogens with zero attached hydrogens (tertiary/aromatic N) is 1. The number of carboxylic acid groups (broad SMARTS) is 1. The molecule has 1 N–H and O–H groups in total. The second kappa shape index (κ2) is 84.5. The quantitative estimate of drug-likeness (QED) is 0.0211. The van der Waals surface area contributed by atoms with Crippen molar-refractivity contribution in [2.45, 2.75) is 386 Å². The zero-order valence-corrected chi connectivity index (χ0v) is 68.8. The lowest BCUT2D eigenvalue weighted by molar-refractivity contribution is -0.870. The Morgan fingerprint density at radius 2 is 0.514 bits per heavy atom. The SMILES string of the molecule is CC/C=C\C/C=C\C/C=C\C/C=C\C/C=C\C/C=C\C/C=C\CCCCCCCCCCCCCCCCCCCCCC(=O)OC(COC(=O)CCCCCCCCCCCCCCCCCCCCCC/C=C\C/C=C\C/C=C\C/C=C\C/C=C\C/C=C\CC)COC(OCC[N+](C)(C)C)C(=O)O. The maximum absolute atomic E-state index is 13.0. The van der Waals surface area contributed by atoms with Crippen molar-refractivity contribution in [3.05, 3.63) is 158 Å². The number of hydrogen-bond donors (Lipinski definition) is 1. The zero-order valence-electron chi connectivity index (χ0n) is 68.8. The highest BCUT2D eigenvalue weighted by molar-refractivity contribution is 5.71. The average Bonchev–Trinajstić information content (AvgIpc) is 1.18. The van der Waals surface area contributed by atoms with Crippen LogP contribution in [0.15, 0.2) is 158 Å². The number of rotatable bonds is 80. The molecule has 0 amide bonds. The predicted molar refractivity (Wildman–Crippen MR) is 456 cm³/mol. The molecule has 0 aliphatic heterocycles. The van der Waals surface area contributed by atoms with Gasteiger partial charge < -0.3 is 28.5 Å². The Balaban J connectivity index is 3.98. The normalized spacial score (nSPS) is 13.4. The highest BCUT2D eigenvalue weighted by atomic mass is 16.7. The van der Waals surface area contributed by atoms with Gasteiger partial charge in [0.2, 0.25) is 0 Å². The summed E-state index contributed by atoms with van der Waals surface area (Å²) in [5.41, 5.74) is 0. The Morgan fingerprint density at radius 3 is 0.762 bits per heavy atom. The molecule has 9 nitrogen and oxygen atoms in total. The van der Waals surface area contributed by atoms with Gasteiger partial charge in [-0.3, -0.25) is 9.59 Å². The fourth-order valence-electron chi connectivity index (χ4n) is 12.2. The van der Waals surface area contributed by atoms with Gasteiger partial charge in [0.15, 0.2) is 6.10 Å². The Morgan fingerprint density at radius 1 is 0.286 bits per heavy atom. The van der Waals surface area contributed by atoms with Crippen LogP contribution in [0.1, 0.15) is 373 Å². The molecule has 0 saturated heterocycles. The van der Waals surface area contributed by atoms with Gasteiger partial charge in [0.25, 0.3) is 6.29 Å². The van der Waals surface area contributed by atoms with Crippen molar-refractivity contribution in [3.8, 4) is 0 Å². The smallest absolute Gasteiger partial charge is 0.361 e. The molecule has 9 heteroatoms. The van der Waals surface area contributed by atoms with Crippen LogP contribution in [0.5, 0.6) is 0 Å². The standard InChI is InChI=1S/C96H163NO8/c1-6-8-10-12-14-16-18-20-22-24-26-28-30-32-34-36-38-40-42-44-46-47-49-51-53-55-57-59-61-63-65-67-69-71-73-75-77-79-81-83-85-87-94(99)105-92(91-104-96(95(100)101)102-89-88-97(3,4)5)90-103-93(98)86-84-82-80-78-76-74-72-70-68-66-64-62-60-58-56-54-52-50-48-45-43-41-39-37-35-33-31-29-27-25-23-21-19-17-15-13-11-9-7-2/h8-11,14-17,20-23,26-29,32-35,38-41,44,46,92,96H,6-7,12-13,18-19,24-25,30-31,36-37,42-43,45,47-91H2,1-5H3/p+1/b10-8-,11-9-,16-14-,17-15-,22-20-,23-21-,28-26-,29-27-,34-32-,35-33-,40-38-,41-39-,46-44-. The molecule has 0 bridgehead atoms. The van der Waals surface area contributed by atoms with E-state index < -0.39 is 24.3 Å². The van der Waals surface area contributed by atoms with Crippen LogP contribution in [0.25, 0.3) is 0 Å². The first-order valence-electron chi connectivity index (χ1n) is 43.6. The molecule has 0 spiro atoms. The van der Waals surface area contributed by atoms with Crippen molar-refractivity contribution in [1.29, 1.82) is 0 Å². The minimum absolute atomic E-state index is 0.183. The minimum Gasteiger partial charge on any atom is -0.477 e. The summed E-state index contributed by atoms with van der Waals surface area (Å²) in [4.78, 5) is 37.8. The zero-order chi connectivity index (χ0) is 76.0. The number of likely N-dealkylation sites (N-methyl/N-ethyl adjacent to an activating group) is 1. The molecule has 0 aliphatic carbocycles. The Hall–Kier alpha value is -5.09. The van der Waals surface area contributed by atoms with Crippen LogP contribution >= 0.6 is 0 Å². The van der Waals surface area contributed by atoms with Gasteiger partial charge in [0, 0.05) is 12.8 Å². The minimum atomic E-state index is -1.52. The number of ether oxygens (including phenoxy) is 4. The molecule has 0 radical (unpaired) electrons. The van der Waals surface area contributed by atoms with Crippen molar-refractivity contribution in [2.24, 2.45) is 0 Å². The van der Waals surface area contributed by atoms with E-state index in [1.807, 2.05) is 21.1 Å². The maximum Gasteiger partial charge on any atom is 0.361 e. The number of allylic oxidation sites excluding steroid dienone is 26. The van der Waals surface area contributed by atoms with Crippen LogP contribution in [0, 0.1) is 0 Å². The van der Waals surface area contributed by atoms with Crippen molar-refractivity contribution >= 4 is 17.9 Å². The van der Waals surface area contributed by atoms with Crippen LogP contribution < -0.4 is 0 Å². The number of hydrogen-bond acceptors (Lipinski definition) is 7. The third kappa shape index (κ3) is 86.0. The molecule has 0 fully saturated rings. The maximum atomic E-state index is 13.0. The number of esters is 2. The number of carbonyl (C=O) groups is 3. The molecule has 0 aromatic heterocycles. The largest absolute Gasteiger partial charge is 0.477 e. The predicted octanol–water partition coefficient (Wildman–Crippen LogP) is 28.7. The van der Waals surface area contributed by atoms with E-state index >= 15 is 0 Å². The summed E-state index contributed by atoms with van der Waals surface area (Å²) in [6, 6.07) is 0. The summed E-state index contributed by atoms with van der Waals surface area (Å²) in [7, 11) is 5.99. The average molecular weight is 1460 g/mol. The van der Waals surface area contributed by atoms with Crippen LogP contribution in [0.4, 0.5) is 0 Å². The van der Waals surface area contributed by atoms with E-state index in [-0.39, 0.29) is 32.2 Å². The summed E-state index contributed by atoms with van der Waals surface area (Å²) in [6.45, 7) is 4.68. The van der Waals surface area contributed by atoms with E-state index in [0.29, 0.717) is 17.4 Å². The number of carbonyl (C=O) groups excluding carboxylic acids is 2. The van der Waals surface area contributed by atoms with Gasteiger partial charge >= 0.3 is 17.9 Å². The van der Waals surface area contributed by atoms with Gasteiger partial charge in [0.05, 0.1) is 34.4 Å². The van der Waals surface area contributed by atoms with Crippen LogP contribution in [0.3, 0.4) is 0 Å². The number of aliphatic carboxylic acids is 1. The van der Waals surface area contributed by atoms with Crippen LogP contribution in [-0.2, 0) is 33.3 Å². The molecule has 105 heavy (non-hydrogen) atoms. The molecule has 0 saturated carbocycles. The second-order valence-electron chi connectivity index (χ2n) is 30.1. The lowest BCUT2D eigenvalue weighted by Gasteiger charge is -2.25. The van der Waals surface area contributed by atoms with Gasteiger partial charge in [-0.15, -0.1) is 0 Å². The third-order valence-corrected chi connectivity index (χ3v) is 18.8. The summed E-state index contributed by atoms with van der Waals surface area (Å²) in [6.07, 6.45) is 123. The molecular weight excluding hydrogens is 1300 g/mol. The fourth-order valence-corrected chi connectivity index (χ4v) is 12.2. The highest BCUT2D eigenvalue weighted by Crippen LogP contribution is 2.19. The summed E-state index contributed by atoms with van der Waals surface area (Å²) >= 11 is 0. The highest BCUT2D eigenvalue weighted by Gasteiger charge is 2.25. The van der Waals surface area contributed by atoms with Crippen LogP contribution in [0.2, 0.25) is 0 Å². The van der Waals surface area contributed by atoms with Crippen LogP contribution in [-0.4, -0.2) is 87.4 Å². The van der Waals surface area contributed by atoms with E-state index in [2.05, 4.69) is 172 Å². The fraction of sp³-hybridized carbons (Fsp3) is 0.698. The lowest BCUT2D eigenvalue weighted by atomic mass is 10.0. The van der Waals surface area contributed by atoms with Crippen molar-refractivity contribution in [1.82, 2.24) is 0 Å². The molecular formula is C96H164NO8+. The first-order valence-corrected chi connectivity index (χ1v) is 43.6. The molecule has 0 heterocycles. The Labute approximate surface area is 648 Å². The van der Waals surface area contributed by atoms with E-state index in [1.54, 1.807) is 0 Å². The first kappa shape index (κ1) is 99.9. The monoisotopic (exact) mass is 1460 g/mol. The van der Waals surface area contributed by atoms with Crippen molar-refractivity contribution in [2.75, 3.05) is 47.5 Å². The molecule has 0 aromatic carbocycles. The van der Waals surface area contributed by atoms with E-state index in [1.165, 1.54) is 225 Å². The van der Waals surface area contributed by atoms with Gasteiger partial charge in [-0.2, -0.15) is 0 Å². The van der Waals surface area contributed by atoms with E-state index in [0.717, 1.165) is 122 Å². The summed E-state index contributed by atoms with van der Waals surface area (Å²) in [5.74, 6) is -1.99. The van der Waals surface area contributed by atoms with E-state index in [9.17, 15) is 19.5 Å². The molecule has 600 valence electrons. The van der Waals surface area contributed by atoms with Gasteiger partial charge in [0.1, 0.15) is 13.2 Å². The van der Waals surface area contributed by atoms with E-state index in [4.69, 9.17) is 18.9 Å². The molecule has 0 aromatic rings.